The molecule has 0 aliphatic carbocycles. The molecule has 0 saturated carbocycles. The molecule has 1 aromatic carbocycles. The van der Waals surface area contributed by atoms with Crippen LogP contribution in [-0.4, -0.2) is 33.0 Å². The molecule has 3 heterocycles. The zero-order valence-electron chi connectivity index (χ0n) is 16.6. The summed E-state index contributed by atoms with van der Waals surface area (Å²) in [6.45, 7) is 3.38. The summed E-state index contributed by atoms with van der Waals surface area (Å²) in [7, 11) is -2.04. The molecular weight excluding hydrogens is 404 g/mol. The van der Waals surface area contributed by atoms with Crippen LogP contribution in [0, 0.1) is 13.8 Å². The Bertz CT molecular complexity index is 1260. The second-order valence-corrected chi connectivity index (χ2v) is 8.29. The number of aromatic nitrogens is 5. The van der Waals surface area contributed by atoms with Gasteiger partial charge in [-0.1, -0.05) is 0 Å². The third kappa shape index (κ3) is 3.90. The molecule has 3 aromatic heterocycles. The second-order valence-electron chi connectivity index (χ2n) is 6.68. The highest BCUT2D eigenvalue weighted by Gasteiger charge is 2.23. The highest BCUT2D eigenvalue weighted by atomic mass is 32.2. The minimum Gasteiger partial charge on any atom is -0.438 e. The van der Waals surface area contributed by atoms with Crippen LogP contribution >= 0.6 is 0 Å². The van der Waals surface area contributed by atoms with Crippen molar-refractivity contribution in [3.63, 3.8) is 0 Å². The molecule has 0 fully saturated rings. The zero-order valence-corrected chi connectivity index (χ0v) is 17.5. The number of nitrogens with one attached hydrogen (secondary N) is 1. The van der Waals surface area contributed by atoms with Crippen molar-refractivity contribution in [1.82, 2.24) is 24.5 Å². The predicted molar refractivity (Wildman–Crippen MR) is 111 cm³/mol. The lowest BCUT2D eigenvalue weighted by Crippen LogP contribution is -2.14. The van der Waals surface area contributed by atoms with E-state index in [1.807, 2.05) is 29.1 Å². The Morgan fingerprint density at radius 3 is 2.23 bits per heavy atom. The molecule has 30 heavy (non-hydrogen) atoms. The molecule has 0 spiro atoms. The maximum Gasteiger partial charge on any atom is 0.265 e. The van der Waals surface area contributed by atoms with Crippen LogP contribution in [0.15, 0.2) is 65.8 Å². The van der Waals surface area contributed by atoms with Crippen molar-refractivity contribution >= 4 is 15.7 Å². The van der Waals surface area contributed by atoms with Gasteiger partial charge in [0.15, 0.2) is 5.82 Å². The maximum absolute atomic E-state index is 12.7. The van der Waals surface area contributed by atoms with E-state index in [0.29, 0.717) is 34.5 Å². The van der Waals surface area contributed by atoms with E-state index in [2.05, 4.69) is 20.0 Å². The molecular formula is C20H20N6O3S. The normalized spacial score (nSPS) is 11.4. The summed E-state index contributed by atoms with van der Waals surface area (Å²) in [6, 6.07) is 13.9. The predicted octanol–water partition coefficient (Wildman–Crippen LogP) is 3.21. The fourth-order valence-electron chi connectivity index (χ4n) is 3.05. The van der Waals surface area contributed by atoms with Gasteiger partial charge in [-0.2, -0.15) is 5.10 Å². The summed E-state index contributed by atoms with van der Waals surface area (Å²) in [5.41, 5.74) is 1.44. The number of ether oxygens (including phenoxy) is 1. The van der Waals surface area contributed by atoms with Crippen LogP contribution in [0.3, 0.4) is 0 Å². The Morgan fingerprint density at radius 1 is 0.967 bits per heavy atom. The second kappa shape index (κ2) is 7.64. The van der Waals surface area contributed by atoms with E-state index >= 15 is 0 Å². The fourth-order valence-corrected chi connectivity index (χ4v) is 4.55. The van der Waals surface area contributed by atoms with Crippen molar-refractivity contribution in [1.29, 1.82) is 0 Å². The molecule has 0 aliphatic rings. The maximum atomic E-state index is 12.7. The van der Waals surface area contributed by atoms with Crippen molar-refractivity contribution in [2.24, 2.45) is 7.05 Å². The zero-order chi connectivity index (χ0) is 21.3. The molecule has 0 unspecified atom stereocenters. The van der Waals surface area contributed by atoms with Crippen molar-refractivity contribution in [2.45, 2.75) is 18.7 Å². The number of aryl methyl sites for hydroxylation is 2. The first-order valence-corrected chi connectivity index (χ1v) is 10.6. The molecule has 154 valence electrons. The number of benzene rings is 1. The van der Waals surface area contributed by atoms with E-state index in [1.165, 1.54) is 0 Å². The van der Waals surface area contributed by atoms with E-state index in [9.17, 15) is 8.42 Å². The van der Waals surface area contributed by atoms with Gasteiger partial charge in [0, 0.05) is 31.2 Å². The van der Waals surface area contributed by atoms with Crippen molar-refractivity contribution in [2.75, 3.05) is 4.72 Å². The summed E-state index contributed by atoms with van der Waals surface area (Å²) in [6.07, 6.45) is 3.75. The average molecular weight is 424 g/mol. The average Bonchev–Trinajstić information content (AvgIpc) is 3.32. The van der Waals surface area contributed by atoms with Crippen LogP contribution in [0.5, 0.6) is 11.6 Å². The molecule has 0 aliphatic heterocycles. The standard InChI is InChI=1S/C20H20N6O3S/c1-14-20(15(2)25(3)23-14)30(27,28)24-16-6-8-17(9-7-16)29-19-11-10-18(21-22-19)26-12-4-5-13-26/h4-13,24H,1-3H3. The number of hydrogen-bond donors (Lipinski definition) is 1. The number of hydrogen-bond acceptors (Lipinski definition) is 6. The largest absolute Gasteiger partial charge is 0.438 e. The van der Waals surface area contributed by atoms with E-state index in [-0.39, 0.29) is 4.90 Å². The van der Waals surface area contributed by atoms with Gasteiger partial charge >= 0.3 is 0 Å². The molecule has 0 amide bonds. The van der Waals surface area contributed by atoms with E-state index in [4.69, 9.17) is 4.74 Å². The molecule has 0 saturated heterocycles. The third-order valence-electron chi connectivity index (χ3n) is 4.54. The number of anilines is 1. The monoisotopic (exact) mass is 424 g/mol. The van der Waals surface area contributed by atoms with Gasteiger partial charge in [0.2, 0.25) is 5.88 Å². The molecule has 1 N–H and O–H groups in total. The van der Waals surface area contributed by atoms with Crippen LogP contribution in [0.25, 0.3) is 5.82 Å². The van der Waals surface area contributed by atoms with Crippen LogP contribution in [0.1, 0.15) is 11.4 Å². The van der Waals surface area contributed by atoms with Crippen LogP contribution in [0.2, 0.25) is 0 Å². The molecule has 0 atom stereocenters. The topological polar surface area (TPSA) is 104 Å². The van der Waals surface area contributed by atoms with Gasteiger partial charge in [0.05, 0.1) is 11.4 Å². The molecule has 4 rings (SSSR count). The van der Waals surface area contributed by atoms with E-state index in [1.54, 1.807) is 62.0 Å². The van der Waals surface area contributed by atoms with Gasteiger partial charge in [-0.25, -0.2) is 8.42 Å². The molecule has 10 heteroatoms. The molecule has 9 nitrogen and oxygen atoms in total. The summed E-state index contributed by atoms with van der Waals surface area (Å²) >= 11 is 0. The van der Waals surface area contributed by atoms with Crippen LogP contribution < -0.4 is 9.46 Å². The van der Waals surface area contributed by atoms with Gasteiger partial charge in [-0.05, 0) is 56.3 Å². The lowest BCUT2D eigenvalue weighted by atomic mass is 10.3. The Hall–Kier alpha value is -3.66. The third-order valence-corrected chi connectivity index (χ3v) is 6.17. The first kappa shape index (κ1) is 19.6. The fraction of sp³-hybridized carbons (Fsp3) is 0.150. The number of rotatable bonds is 6. The van der Waals surface area contributed by atoms with Crippen LogP contribution in [0.4, 0.5) is 5.69 Å². The van der Waals surface area contributed by atoms with Gasteiger partial charge in [0.1, 0.15) is 10.6 Å². The SMILES string of the molecule is Cc1nn(C)c(C)c1S(=O)(=O)Nc1ccc(Oc2ccc(-n3cccc3)nn2)cc1. The first-order chi connectivity index (χ1) is 14.3. The molecule has 0 bridgehead atoms. The Kier molecular flexibility index (Phi) is 5.00. The highest BCUT2D eigenvalue weighted by Crippen LogP contribution is 2.25. The highest BCUT2D eigenvalue weighted by molar-refractivity contribution is 7.92. The lowest BCUT2D eigenvalue weighted by molar-refractivity contribution is 0.454. The summed E-state index contributed by atoms with van der Waals surface area (Å²) in [5.74, 6) is 1.52. The number of sulfonamides is 1. The van der Waals surface area contributed by atoms with Crippen molar-refractivity contribution in [3.05, 3.63) is 72.3 Å². The van der Waals surface area contributed by atoms with Gasteiger partial charge in [-0.15, -0.1) is 10.2 Å². The van der Waals surface area contributed by atoms with Crippen LogP contribution in [-0.2, 0) is 17.1 Å². The first-order valence-electron chi connectivity index (χ1n) is 9.11. The minimum absolute atomic E-state index is 0.184. The number of nitrogens with zero attached hydrogens (tertiary/aromatic N) is 5. The Balaban J connectivity index is 1.46. The smallest absolute Gasteiger partial charge is 0.265 e. The lowest BCUT2D eigenvalue weighted by Gasteiger charge is -2.10. The quantitative estimate of drug-likeness (QED) is 0.510. The molecule has 4 aromatic rings. The van der Waals surface area contributed by atoms with Gasteiger partial charge < -0.3 is 9.30 Å². The van der Waals surface area contributed by atoms with E-state index in [0.717, 1.165) is 0 Å². The summed E-state index contributed by atoms with van der Waals surface area (Å²) in [4.78, 5) is 0.184. The van der Waals surface area contributed by atoms with Gasteiger partial charge in [-0.3, -0.25) is 9.40 Å². The molecule has 0 radical (unpaired) electrons. The Morgan fingerprint density at radius 2 is 1.67 bits per heavy atom. The van der Waals surface area contributed by atoms with E-state index < -0.39 is 10.0 Å². The summed E-state index contributed by atoms with van der Waals surface area (Å²) < 4.78 is 37.1. The summed E-state index contributed by atoms with van der Waals surface area (Å²) in [5, 5.41) is 12.3. The Labute approximate surface area is 174 Å². The van der Waals surface area contributed by atoms with Gasteiger partial charge in [0.25, 0.3) is 10.0 Å². The van der Waals surface area contributed by atoms with Crippen molar-refractivity contribution in [3.8, 4) is 17.4 Å². The van der Waals surface area contributed by atoms with Crippen molar-refractivity contribution < 1.29 is 13.2 Å². The minimum atomic E-state index is -3.75.